The Labute approximate surface area is 230 Å². The van der Waals surface area contributed by atoms with Gasteiger partial charge in [0.2, 0.25) is 0 Å². The summed E-state index contributed by atoms with van der Waals surface area (Å²) in [6.45, 7) is 12.7. The standard InChI is InChI=1S/C31H37FN4O3/c1-21-16-27(34(6)29(37)24-11-13-28(33-18-24)23-8-7-9-26(32)17-23)12-10-25(21)20-35-14-15-36(22(2)19-35)30(38)39-31(3,4)5/h7-13,16-18,22H,14-15,19-20H2,1-6H3/t22-/m0/s1. The van der Waals surface area contributed by atoms with Crippen LogP contribution in [0.1, 0.15) is 49.2 Å². The molecule has 1 aromatic heterocycles. The third kappa shape index (κ3) is 7.00. The number of pyridine rings is 1. The highest BCUT2D eigenvalue weighted by molar-refractivity contribution is 6.05. The van der Waals surface area contributed by atoms with Crippen molar-refractivity contribution in [3.05, 3.63) is 83.3 Å². The molecule has 2 aromatic carbocycles. The van der Waals surface area contributed by atoms with E-state index in [4.69, 9.17) is 4.74 Å². The van der Waals surface area contributed by atoms with Gasteiger partial charge in [-0.05, 0) is 82.1 Å². The molecule has 1 fully saturated rings. The van der Waals surface area contributed by atoms with E-state index in [1.807, 2.05) is 46.8 Å². The summed E-state index contributed by atoms with van der Waals surface area (Å²) in [5.74, 6) is -0.502. The molecule has 2 heterocycles. The summed E-state index contributed by atoms with van der Waals surface area (Å²) in [6.07, 6.45) is 1.26. The van der Waals surface area contributed by atoms with Crippen LogP contribution in [0.25, 0.3) is 11.3 Å². The third-order valence-corrected chi connectivity index (χ3v) is 6.88. The summed E-state index contributed by atoms with van der Waals surface area (Å²) in [6, 6.07) is 15.7. The lowest BCUT2D eigenvalue weighted by Crippen LogP contribution is -2.54. The number of hydrogen-bond donors (Lipinski definition) is 0. The minimum Gasteiger partial charge on any atom is -0.444 e. The van der Waals surface area contributed by atoms with Crippen molar-refractivity contribution >= 4 is 17.7 Å². The van der Waals surface area contributed by atoms with E-state index in [0.717, 1.165) is 30.9 Å². The molecule has 1 aliphatic heterocycles. The lowest BCUT2D eigenvalue weighted by atomic mass is 10.1. The molecule has 0 saturated carbocycles. The van der Waals surface area contributed by atoms with E-state index in [1.165, 1.54) is 23.9 Å². The molecule has 206 valence electrons. The highest BCUT2D eigenvalue weighted by atomic mass is 19.1. The van der Waals surface area contributed by atoms with Gasteiger partial charge in [0.1, 0.15) is 11.4 Å². The molecular formula is C31H37FN4O3. The quantitative estimate of drug-likeness (QED) is 0.409. The van der Waals surface area contributed by atoms with Crippen molar-refractivity contribution in [1.82, 2.24) is 14.8 Å². The van der Waals surface area contributed by atoms with E-state index in [1.54, 1.807) is 41.1 Å². The van der Waals surface area contributed by atoms with Crippen LogP contribution in [0.15, 0.2) is 60.8 Å². The first-order chi connectivity index (χ1) is 18.4. The molecule has 2 amide bonds. The van der Waals surface area contributed by atoms with Crippen LogP contribution in [-0.4, -0.2) is 65.1 Å². The first-order valence-electron chi connectivity index (χ1n) is 13.2. The molecule has 0 spiro atoms. The Balaban J connectivity index is 1.38. The SMILES string of the molecule is Cc1cc(N(C)C(=O)c2ccc(-c3cccc(F)c3)nc2)ccc1CN1CCN(C(=O)OC(C)(C)C)[C@@H](C)C1. The normalized spacial score (nSPS) is 16.2. The zero-order valence-corrected chi connectivity index (χ0v) is 23.6. The highest BCUT2D eigenvalue weighted by Crippen LogP contribution is 2.24. The molecule has 0 unspecified atom stereocenters. The number of nitrogens with zero attached hydrogens (tertiary/aromatic N) is 4. The molecule has 4 rings (SSSR count). The lowest BCUT2D eigenvalue weighted by molar-refractivity contribution is 0.000526. The maximum absolute atomic E-state index is 13.5. The number of carbonyl (C=O) groups is 2. The monoisotopic (exact) mass is 532 g/mol. The Morgan fingerprint density at radius 2 is 1.87 bits per heavy atom. The summed E-state index contributed by atoms with van der Waals surface area (Å²) in [7, 11) is 1.74. The first-order valence-corrected chi connectivity index (χ1v) is 13.2. The van der Waals surface area contributed by atoms with Crippen molar-refractivity contribution in [2.75, 3.05) is 31.6 Å². The molecule has 0 bridgehead atoms. The summed E-state index contributed by atoms with van der Waals surface area (Å²) in [4.78, 5) is 35.8. The fourth-order valence-electron chi connectivity index (χ4n) is 4.73. The van der Waals surface area contributed by atoms with E-state index in [0.29, 0.717) is 23.4 Å². The molecule has 3 aromatic rings. The number of ether oxygens (including phenoxy) is 1. The van der Waals surface area contributed by atoms with E-state index in [2.05, 4.69) is 16.0 Å². The molecule has 39 heavy (non-hydrogen) atoms. The molecule has 0 N–H and O–H groups in total. The van der Waals surface area contributed by atoms with Crippen LogP contribution in [0.5, 0.6) is 0 Å². The van der Waals surface area contributed by atoms with Crippen molar-refractivity contribution in [3.8, 4) is 11.3 Å². The Hall–Kier alpha value is -3.78. The van der Waals surface area contributed by atoms with Crippen molar-refractivity contribution in [1.29, 1.82) is 0 Å². The summed E-state index contributed by atoms with van der Waals surface area (Å²) < 4.78 is 19.1. The lowest BCUT2D eigenvalue weighted by Gasteiger charge is -2.40. The molecule has 1 atom stereocenters. The summed E-state index contributed by atoms with van der Waals surface area (Å²) in [5.41, 5.74) is 4.27. The van der Waals surface area contributed by atoms with Gasteiger partial charge < -0.3 is 14.5 Å². The summed E-state index contributed by atoms with van der Waals surface area (Å²) in [5, 5.41) is 0. The van der Waals surface area contributed by atoms with Gasteiger partial charge in [-0.25, -0.2) is 9.18 Å². The minimum absolute atomic E-state index is 0.0536. The van der Waals surface area contributed by atoms with Crippen molar-refractivity contribution in [2.24, 2.45) is 0 Å². The second-order valence-corrected chi connectivity index (χ2v) is 11.2. The largest absolute Gasteiger partial charge is 0.444 e. The number of amides is 2. The van der Waals surface area contributed by atoms with Crippen molar-refractivity contribution < 1.29 is 18.7 Å². The number of carbonyl (C=O) groups excluding carboxylic acids is 2. The zero-order chi connectivity index (χ0) is 28.3. The van der Waals surface area contributed by atoms with Gasteiger partial charge in [0, 0.05) is 56.7 Å². The predicted octanol–water partition coefficient (Wildman–Crippen LogP) is 5.91. The van der Waals surface area contributed by atoms with Crippen LogP contribution < -0.4 is 4.90 Å². The fourth-order valence-corrected chi connectivity index (χ4v) is 4.73. The van der Waals surface area contributed by atoms with E-state index in [-0.39, 0.29) is 23.9 Å². The molecular weight excluding hydrogens is 495 g/mol. The van der Waals surface area contributed by atoms with Gasteiger partial charge in [-0.2, -0.15) is 0 Å². The molecule has 7 nitrogen and oxygen atoms in total. The van der Waals surface area contributed by atoms with Gasteiger partial charge in [-0.15, -0.1) is 0 Å². The highest BCUT2D eigenvalue weighted by Gasteiger charge is 2.31. The van der Waals surface area contributed by atoms with Gasteiger partial charge in [0.15, 0.2) is 0 Å². The second-order valence-electron chi connectivity index (χ2n) is 11.2. The average Bonchev–Trinajstić information content (AvgIpc) is 2.88. The van der Waals surface area contributed by atoms with Crippen LogP contribution >= 0.6 is 0 Å². The molecule has 1 aliphatic rings. The Bertz CT molecular complexity index is 1340. The van der Waals surface area contributed by atoms with Crippen molar-refractivity contribution in [2.45, 2.75) is 52.8 Å². The van der Waals surface area contributed by atoms with E-state index in [9.17, 15) is 14.0 Å². The maximum atomic E-state index is 13.5. The van der Waals surface area contributed by atoms with E-state index < -0.39 is 5.60 Å². The first kappa shape index (κ1) is 28.2. The third-order valence-electron chi connectivity index (χ3n) is 6.88. The number of aryl methyl sites for hydroxylation is 1. The maximum Gasteiger partial charge on any atom is 0.410 e. The van der Waals surface area contributed by atoms with E-state index >= 15 is 0 Å². The number of aromatic nitrogens is 1. The van der Waals surface area contributed by atoms with Crippen molar-refractivity contribution in [3.63, 3.8) is 0 Å². The van der Waals surface area contributed by atoms with Crippen LogP contribution in [-0.2, 0) is 11.3 Å². The second kappa shape index (κ2) is 11.5. The van der Waals surface area contributed by atoms with Gasteiger partial charge in [0.25, 0.3) is 5.91 Å². The molecule has 1 saturated heterocycles. The summed E-state index contributed by atoms with van der Waals surface area (Å²) >= 11 is 0. The number of anilines is 1. The Morgan fingerprint density at radius 1 is 1.10 bits per heavy atom. The zero-order valence-electron chi connectivity index (χ0n) is 23.6. The van der Waals surface area contributed by atoms with Gasteiger partial charge in [-0.3, -0.25) is 14.7 Å². The number of halogens is 1. The number of hydrogen-bond acceptors (Lipinski definition) is 5. The number of benzene rings is 2. The van der Waals surface area contributed by atoms with Crippen LogP contribution in [0.3, 0.4) is 0 Å². The number of piperazine rings is 1. The van der Waals surface area contributed by atoms with Gasteiger partial charge in [-0.1, -0.05) is 18.2 Å². The van der Waals surface area contributed by atoms with Crippen LogP contribution in [0, 0.1) is 12.7 Å². The fraction of sp³-hybridized carbons (Fsp3) is 0.387. The van der Waals surface area contributed by atoms with Gasteiger partial charge in [0.05, 0.1) is 11.3 Å². The average molecular weight is 533 g/mol. The topological polar surface area (TPSA) is 66.0 Å². The smallest absolute Gasteiger partial charge is 0.410 e. The molecule has 0 aliphatic carbocycles. The molecule has 0 radical (unpaired) electrons. The molecule has 8 heteroatoms. The Morgan fingerprint density at radius 3 is 2.49 bits per heavy atom. The predicted molar refractivity (Wildman–Crippen MR) is 151 cm³/mol. The van der Waals surface area contributed by atoms with Crippen LogP contribution in [0.4, 0.5) is 14.9 Å². The Kier molecular flexibility index (Phi) is 8.35. The van der Waals surface area contributed by atoms with Crippen LogP contribution in [0.2, 0.25) is 0 Å². The minimum atomic E-state index is -0.510. The van der Waals surface area contributed by atoms with Gasteiger partial charge >= 0.3 is 6.09 Å². The number of rotatable bonds is 5.